The summed E-state index contributed by atoms with van der Waals surface area (Å²) in [6.07, 6.45) is 0. The topological polar surface area (TPSA) is 8.17 Å². The predicted octanol–water partition coefficient (Wildman–Crippen LogP) is 14.3. The summed E-state index contributed by atoms with van der Waals surface area (Å²) in [7, 11) is 0. The summed E-state index contributed by atoms with van der Waals surface area (Å²) in [4.78, 5) is 2.40. The molecule has 10 aromatic rings. The van der Waals surface area contributed by atoms with Crippen LogP contribution in [0.15, 0.2) is 218 Å². The van der Waals surface area contributed by atoms with Crippen LogP contribution >= 0.6 is 0 Å². The molecule has 1 aromatic heterocycles. The molecule has 266 valence electrons. The molecule has 2 heteroatoms. The summed E-state index contributed by atoms with van der Waals surface area (Å²) >= 11 is 0. The highest BCUT2D eigenvalue weighted by atomic mass is 15.1. The van der Waals surface area contributed by atoms with Crippen molar-refractivity contribution in [2.45, 2.75) is 5.41 Å². The van der Waals surface area contributed by atoms with Crippen molar-refractivity contribution in [3.8, 4) is 39.1 Å². The van der Waals surface area contributed by atoms with Crippen LogP contribution in [0.3, 0.4) is 0 Å². The largest absolute Gasteiger partial charge is 0.310 e. The van der Waals surface area contributed by atoms with Gasteiger partial charge in [-0.1, -0.05) is 158 Å². The van der Waals surface area contributed by atoms with Gasteiger partial charge in [-0.15, -0.1) is 0 Å². The monoisotopic (exact) mass is 724 g/mol. The summed E-state index contributed by atoms with van der Waals surface area (Å²) < 4.78 is 2.37. The van der Waals surface area contributed by atoms with E-state index in [4.69, 9.17) is 0 Å². The number of nitrogens with zero attached hydrogens (tertiary/aromatic N) is 2. The van der Waals surface area contributed by atoms with Crippen molar-refractivity contribution in [3.63, 3.8) is 0 Å². The minimum absolute atomic E-state index is 0.396. The van der Waals surface area contributed by atoms with Gasteiger partial charge in [0, 0.05) is 33.5 Å². The molecule has 57 heavy (non-hydrogen) atoms. The fourth-order valence-electron chi connectivity index (χ4n) is 10.1. The Balaban J connectivity index is 0.965. The molecule has 9 aromatic carbocycles. The van der Waals surface area contributed by atoms with Gasteiger partial charge in [-0.2, -0.15) is 0 Å². The second-order valence-corrected chi connectivity index (χ2v) is 15.3. The quantitative estimate of drug-likeness (QED) is 0.172. The van der Waals surface area contributed by atoms with E-state index in [1.165, 1.54) is 77.4 Å². The molecule has 0 amide bonds. The Morgan fingerprint density at radius 2 is 0.737 bits per heavy atom. The zero-order valence-corrected chi connectivity index (χ0v) is 31.2. The molecule has 0 radical (unpaired) electrons. The standard InChI is InChI=1S/C55H36N2/c1-2-14-39(15-3-1)56(40-30-26-37(27-31-40)38-28-32-41(33-29-38)57-53-24-12-7-19-47(53)48-20-8-13-25-54(48)57)42-34-35-46-45-18-6-11-23-51(45)55(52(46)36-42)49-21-9-4-16-43(49)44-17-5-10-22-50(44)55/h1-36H. The third kappa shape index (κ3) is 4.53. The highest BCUT2D eigenvalue weighted by Crippen LogP contribution is 2.63. The lowest BCUT2D eigenvalue weighted by atomic mass is 9.70. The Morgan fingerprint density at radius 3 is 1.30 bits per heavy atom. The number of aromatic nitrogens is 1. The number of rotatable bonds is 5. The number of hydrogen-bond acceptors (Lipinski definition) is 1. The van der Waals surface area contributed by atoms with Crippen LogP contribution in [0, 0.1) is 0 Å². The van der Waals surface area contributed by atoms with Crippen LogP contribution in [-0.2, 0) is 5.41 Å². The van der Waals surface area contributed by atoms with Gasteiger partial charge in [0.1, 0.15) is 0 Å². The molecule has 2 aliphatic rings. The van der Waals surface area contributed by atoms with Gasteiger partial charge in [0.2, 0.25) is 0 Å². The first kappa shape index (κ1) is 31.9. The van der Waals surface area contributed by atoms with E-state index in [0.29, 0.717) is 0 Å². The van der Waals surface area contributed by atoms with E-state index in [-0.39, 0.29) is 0 Å². The van der Waals surface area contributed by atoms with Gasteiger partial charge in [-0.25, -0.2) is 0 Å². The van der Waals surface area contributed by atoms with E-state index >= 15 is 0 Å². The summed E-state index contributed by atoms with van der Waals surface area (Å²) in [5.41, 5.74) is 19.6. The van der Waals surface area contributed by atoms with Gasteiger partial charge in [-0.3, -0.25) is 0 Å². The second kappa shape index (κ2) is 12.3. The molecule has 12 rings (SSSR count). The molecule has 0 saturated carbocycles. The number of para-hydroxylation sites is 3. The first-order chi connectivity index (χ1) is 28.3. The van der Waals surface area contributed by atoms with Crippen LogP contribution < -0.4 is 4.90 Å². The van der Waals surface area contributed by atoms with Gasteiger partial charge >= 0.3 is 0 Å². The van der Waals surface area contributed by atoms with Crippen molar-refractivity contribution in [3.05, 3.63) is 241 Å². The molecular weight excluding hydrogens is 689 g/mol. The fourth-order valence-corrected chi connectivity index (χ4v) is 10.1. The lowest BCUT2D eigenvalue weighted by Gasteiger charge is -2.32. The molecule has 0 fully saturated rings. The van der Waals surface area contributed by atoms with Crippen LogP contribution in [0.4, 0.5) is 17.1 Å². The molecule has 0 bridgehead atoms. The summed E-state index contributed by atoms with van der Waals surface area (Å²) in [6, 6.07) is 80.3. The van der Waals surface area contributed by atoms with Crippen molar-refractivity contribution in [2.24, 2.45) is 0 Å². The van der Waals surface area contributed by atoms with E-state index in [2.05, 4.69) is 228 Å². The van der Waals surface area contributed by atoms with Crippen LogP contribution in [0.5, 0.6) is 0 Å². The first-order valence-electron chi connectivity index (χ1n) is 19.8. The van der Waals surface area contributed by atoms with E-state index in [9.17, 15) is 0 Å². The molecule has 1 spiro atoms. The molecular formula is C55H36N2. The van der Waals surface area contributed by atoms with E-state index in [1.807, 2.05) is 0 Å². The Bertz CT molecular complexity index is 3050. The van der Waals surface area contributed by atoms with Crippen molar-refractivity contribution in [1.29, 1.82) is 0 Å². The maximum absolute atomic E-state index is 2.46. The number of fused-ring (bicyclic) bond motifs is 13. The van der Waals surface area contributed by atoms with Crippen molar-refractivity contribution < 1.29 is 0 Å². The van der Waals surface area contributed by atoms with Gasteiger partial charge in [0.05, 0.1) is 16.4 Å². The average molecular weight is 725 g/mol. The third-order valence-electron chi connectivity index (χ3n) is 12.4. The Hall–Kier alpha value is -7.42. The zero-order valence-electron chi connectivity index (χ0n) is 31.2. The van der Waals surface area contributed by atoms with E-state index in [0.717, 1.165) is 22.7 Å². The maximum Gasteiger partial charge on any atom is 0.0726 e. The highest BCUT2D eigenvalue weighted by Gasteiger charge is 2.51. The average Bonchev–Trinajstić information content (AvgIpc) is 3.89. The van der Waals surface area contributed by atoms with Crippen LogP contribution in [-0.4, -0.2) is 4.57 Å². The summed E-state index contributed by atoms with van der Waals surface area (Å²) in [6.45, 7) is 0. The van der Waals surface area contributed by atoms with Crippen molar-refractivity contribution >= 4 is 38.9 Å². The van der Waals surface area contributed by atoms with E-state index in [1.54, 1.807) is 0 Å². The number of benzene rings is 9. The normalized spacial score (nSPS) is 13.1. The molecule has 2 aliphatic carbocycles. The molecule has 0 N–H and O–H groups in total. The van der Waals surface area contributed by atoms with Gasteiger partial charge in [0.15, 0.2) is 0 Å². The molecule has 2 nitrogen and oxygen atoms in total. The Kier molecular flexibility index (Phi) is 6.88. The lowest BCUT2D eigenvalue weighted by Crippen LogP contribution is -2.26. The molecule has 0 unspecified atom stereocenters. The van der Waals surface area contributed by atoms with Gasteiger partial charge < -0.3 is 9.47 Å². The number of hydrogen-bond donors (Lipinski definition) is 0. The minimum atomic E-state index is -0.396. The number of anilines is 3. The van der Waals surface area contributed by atoms with Crippen LogP contribution in [0.2, 0.25) is 0 Å². The SMILES string of the molecule is c1ccc(N(c2ccc(-c3ccc(-n4c5ccccc5c5ccccc54)cc3)cc2)c2ccc3c(c2)C2(c4ccccc4-c4ccccc42)c2ccccc2-3)cc1. The minimum Gasteiger partial charge on any atom is -0.310 e. The Morgan fingerprint density at radius 1 is 0.316 bits per heavy atom. The second-order valence-electron chi connectivity index (χ2n) is 15.3. The van der Waals surface area contributed by atoms with Crippen LogP contribution in [0.1, 0.15) is 22.3 Å². The molecule has 0 aliphatic heterocycles. The summed E-state index contributed by atoms with van der Waals surface area (Å²) in [5.74, 6) is 0. The first-order valence-corrected chi connectivity index (χ1v) is 19.8. The zero-order chi connectivity index (χ0) is 37.5. The van der Waals surface area contributed by atoms with Gasteiger partial charge in [-0.05, 0) is 116 Å². The third-order valence-corrected chi connectivity index (χ3v) is 12.4. The predicted molar refractivity (Wildman–Crippen MR) is 237 cm³/mol. The van der Waals surface area contributed by atoms with Crippen molar-refractivity contribution in [2.75, 3.05) is 4.90 Å². The fraction of sp³-hybridized carbons (Fsp3) is 0.0182. The lowest BCUT2D eigenvalue weighted by molar-refractivity contribution is 0.793. The van der Waals surface area contributed by atoms with Crippen molar-refractivity contribution in [1.82, 2.24) is 4.57 Å². The highest BCUT2D eigenvalue weighted by molar-refractivity contribution is 6.09. The molecule has 0 saturated heterocycles. The van der Waals surface area contributed by atoms with Gasteiger partial charge in [0.25, 0.3) is 0 Å². The van der Waals surface area contributed by atoms with Crippen LogP contribution in [0.25, 0.3) is 60.9 Å². The van der Waals surface area contributed by atoms with E-state index < -0.39 is 5.41 Å². The smallest absolute Gasteiger partial charge is 0.0726 e. The Labute approximate surface area is 332 Å². The molecule has 0 atom stereocenters. The maximum atomic E-state index is 2.46. The molecule has 1 heterocycles. The summed E-state index contributed by atoms with van der Waals surface area (Å²) in [5, 5.41) is 2.55.